The van der Waals surface area contributed by atoms with Crippen LogP contribution in [0.4, 0.5) is 0 Å². The lowest BCUT2D eigenvalue weighted by molar-refractivity contribution is -0.138. The van der Waals surface area contributed by atoms with Gasteiger partial charge in [0, 0.05) is 13.0 Å². The number of piperidine rings is 3. The molecule has 0 aromatic rings. The van der Waals surface area contributed by atoms with Gasteiger partial charge in [-0.25, -0.2) is 0 Å². The van der Waals surface area contributed by atoms with E-state index in [4.69, 9.17) is 0 Å². The fourth-order valence-electron chi connectivity index (χ4n) is 3.29. The summed E-state index contributed by atoms with van der Waals surface area (Å²) in [6.07, 6.45) is 2.59. The maximum atomic E-state index is 11.8. The number of carbonyl (C=O) groups is 2. The van der Waals surface area contributed by atoms with Crippen LogP contribution in [0.2, 0.25) is 0 Å². The molecule has 0 saturated carbocycles. The minimum atomic E-state index is -0.354. The second-order valence-corrected chi connectivity index (χ2v) is 4.76. The molecular weight excluding hydrogens is 180 g/mol. The van der Waals surface area contributed by atoms with Gasteiger partial charge in [0.1, 0.15) is 0 Å². The van der Waals surface area contributed by atoms with E-state index in [1.165, 1.54) is 0 Å². The summed E-state index contributed by atoms with van der Waals surface area (Å²) in [7, 11) is 0. The van der Waals surface area contributed by atoms with Crippen molar-refractivity contribution < 1.29 is 9.59 Å². The number of nitrogens with zero attached hydrogens (tertiary/aromatic N) is 1. The summed E-state index contributed by atoms with van der Waals surface area (Å²) in [5.74, 6) is 0.347. The molecule has 1 N–H and O–H groups in total. The molecule has 2 bridgehead atoms. The van der Waals surface area contributed by atoms with Crippen LogP contribution in [0, 0.1) is 11.3 Å². The summed E-state index contributed by atoms with van der Waals surface area (Å²) in [5, 5.41) is 2.46. The van der Waals surface area contributed by atoms with Crippen molar-refractivity contribution in [1.29, 1.82) is 0 Å². The summed E-state index contributed by atoms with van der Waals surface area (Å²) in [6.45, 7) is 3.01. The van der Waals surface area contributed by atoms with Crippen LogP contribution in [0.3, 0.4) is 0 Å². The standard InChI is InChI=1S/C10H14N2O2/c13-8-5-10(9(14)11-8)6-12-3-1-7(10)2-4-12/h7H,1-6H2,(H,11,13,14). The molecule has 14 heavy (non-hydrogen) atoms. The van der Waals surface area contributed by atoms with Crippen molar-refractivity contribution in [3.8, 4) is 0 Å². The molecule has 1 atom stereocenters. The molecule has 4 aliphatic rings. The van der Waals surface area contributed by atoms with Crippen molar-refractivity contribution >= 4 is 11.8 Å². The average molecular weight is 194 g/mol. The van der Waals surface area contributed by atoms with Gasteiger partial charge >= 0.3 is 0 Å². The van der Waals surface area contributed by atoms with Crippen molar-refractivity contribution in [2.75, 3.05) is 19.6 Å². The zero-order valence-corrected chi connectivity index (χ0v) is 8.08. The monoisotopic (exact) mass is 194 g/mol. The first-order chi connectivity index (χ1) is 6.71. The molecule has 2 amide bonds. The van der Waals surface area contributed by atoms with Crippen molar-refractivity contribution in [1.82, 2.24) is 10.2 Å². The van der Waals surface area contributed by atoms with Gasteiger partial charge in [0.2, 0.25) is 11.8 Å². The molecule has 0 radical (unpaired) electrons. The summed E-state index contributed by atoms with van der Waals surface area (Å²) < 4.78 is 0. The Morgan fingerprint density at radius 2 is 2.00 bits per heavy atom. The third-order valence-corrected chi connectivity index (χ3v) is 4.06. The first kappa shape index (κ1) is 8.41. The second-order valence-electron chi connectivity index (χ2n) is 4.76. The van der Waals surface area contributed by atoms with Gasteiger partial charge in [0.15, 0.2) is 0 Å². The van der Waals surface area contributed by atoms with E-state index in [-0.39, 0.29) is 17.2 Å². The van der Waals surface area contributed by atoms with Gasteiger partial charge in [0.25, 0.3) is 0 Å². The summed E-state index contributed by atoms with van der Waals surface area (Å²) >= 11 is 0. The van der Waals surface area contributed by atoms with Crippen molar-refractivity contribution in [3.05, 3.63) is 0 Å². The number of hydrogen-bond donors (Lipinski definition) is 1. The lowest BCUT2D eigenvalue weighted by atomic mass is 9.65. The van der Waals surface area contributed by atoms with Gasteiger partial charge in [-0.05, 0) is 31.8 Å². The molecule has 1 unspecified atom stereocenters. The smallest absolute Gasteiger partial charge is 0.234 e. The number of hydrogen-bond acceptors (Lipinski definition) is 3. The van der Waals surface area contributed by atoms with Gasteiger partial charge in [-0.3, -0.25) is 14.9 Å². The highest BCUT2D eigenvalue weighted by Gasteiger charge is 2.56. The van der Waals surface area contributed by atoms with Gasteiger partial charge in [-0.15, -0.1) is 0 Å². The zero-order chi connectivity index (χ0) is 9.76. The number of rotatable bonds is 0. The van der Waals surface area contributed by atoms with Gasteiger partial charge < -0.3 is 4.90 Å². The first-order valence-corrected chi connectivity index (χ1v) is 5.27. The maximum Gasteiger partial charge on any atom is 0.234 e. The van der Waals surface area contributed by atoms with E-state index in [2.05, 4.69) is 10.2 Å². The molecule has 0 aromatic heterocycles. The largest absolute Gasteiger partial charge is 0.302 e. The Balaban J connectivity index is 1.96. The number of amides is 2. The fourth-order valence-corrected chi connectivity index (χ4v) is 3.29. The Labute approximate surface area is 82.6 Å². The number of fused-ring (bicyclic) bond motifs is 2. The summed E-state index contributed by atoms with van der Waals surface area (Å²) in [5.41, 5.74) is -0.354. The predicted octanol–water partition coefficient (Wildman–Crippen LogP) is -0.255. The summed E-state index contributed by atoms with van der Waals surface area (Å²) in [4.78, 5) is 25.4. The molecule has 4 aliphatic heterocycles. The summed E-state index contributed by atoms with van der Waals surface area (Å²) in [6, 6.07) is 0. The number of imide groups is 1. The third kappa shape index (κ3) is 0.919. The van der Waals surface area contributed by atoms with Crippen molar-refractivity contribution in [2.24, 2.45) is 11.3 Å². The Morgan fingerprint density at radius 1 is 1.29 bits per heavy atom. The van der Waals surface area contributed by atoms with Crippen LogP contribution >= 0.6 is 0 Å². The van der Waals surface area contributed by atoms with E-state index >= 15 is 0 Å². The van der Waals surface area contributed by atoms with Crippen LogP contribution in [-0.2, 0) is 9.59 Å². The fraction of sp³-hybridized carbons (Fsp3) is 0.800. The molecule has 4 heterocycles. The molecule has 4 saturated heterocycles. The lowest BCUT2D eigenvalue weighted by Gasteiger charge is -2.49. The van der Waals surface area contributed by atoms with Gasteiger partial charge in [0.05, 0.1) is 5.41 Å². The molecule has 1 spiro atoms. The van der Waals surface area contributed by atoms with Crippen LogP contribution < -0.4 is 5.32 Å². The van der Waals surface area contributed by atoms with Crippen LogP contribution in [0.25, 0.3) is 0 Å². The number of carbonyl (C=O) groups excluding carboxylic acids is 2. The van der Waals surface area contributed by atoms with Gasteiger partial charge in [-0.2, -0.15) is 0 Å². The Kier molecular flexibility index (Phi) is 1.54. The molecule has 4 fully saturated rings. The third-order valence-electron chi connectivity index (χ3n) is 4.06. The van der Waals surface area contributed by atoms with E-state index in [0.29, 0.717) is 12.3 Å². The average Bonchev–Trinajstić information content (AvgIpc) is 2.43. The topological polar surface area (TPSA) is 49.4 Å². The molecule has 4 heteroatoms. The molecule has 76 valence electrons. The van der Waals surface area contributed by atoms with E-state index in [0.717, 1.165) is 32.5 Å². The Morgan fingerprint density at radius 3 is 2.43 bits per heavy atom. The van der Waals surface area contributed by atoms with Crippen LogP contribution in [0.5, 0.6) is 0 Å². The minimum Gasteiger partial charge on any atom is -0.302 e. The highest BCUT2D eigenvalue weighted by molar-refractivity contribution is 6.06. The minimum absolute atomic E-state index is 0.0168. The van der Waals surface area contributed by atoms with E-state index in [1.54, 1.807) is 0 Å². The highest BCUT2D eigenvalue weighted by Crippen LogP contribution is 2.46. The van der Waals surface area contributed by atoms with Crippen LogP contribution in [0.15, 0.2) is 0 Å². The van der Waals surface area contributed by atoms with Crippen LogP contribution in [0.1, 0.15) is 19.3 Å². The van der Waals surface area contributed by atoms with E-state index in [9.17, 15) is 9.59 Å². The quantitative estimate of drug-likeness (QED) is 0.541. The Bertz CT molecular complexity index is 307. The lowest BCUT2D eigenvalue weighted by Crippen LogP contribution is -2.57. The van der Waals surface area contributed by atoms with Crippen molar-refractivity contribution in [3.63, 3.8) is 0 Å². The molecule has 0 aromatic carbocycles. The number of nitrogens with one attached hydrogen (secondary N) is 1. The SMILES string of the molecule is O=C1CC2(CN3CCC2CC3)C(=O)N1. The van der Waals surface area contributed by atoms with Gasteiger partial charge in [-0.1, -0.05) is 0 Å². The maximum absolute atomic E-state index is 11.8. The van der Waals surface area contributed by atoms with Crippen LogP contribution in [-0.4, -0.2) is 36.3 Å². The molecule has 4 rings (SSSR count). The second kappa shape index (κ2) is 2.57. The van der Waals surface area contributed by atoms with E-state index in [1.807, 2.05) is 0 Å². The zero-order valence-electron chi connectivity index (χ0n) is 8.08. The molecule has 0 aliphatic carbocycles. The highest BCUT2D eigenvalue weighted by atomic mass is 16.2. The first-order valence-electron chi connectivity index (χ1n) is 5.27. The Hall–Kier alpha value is -0.900. The normalized spacial score (nSPS) is 46.0. The van der Waals surface area contributed by atoms with Crippen molar-refractivity contribution in [2.45, 2.75) is 19.3 Å². The molecule has 4 nitrogen and oxygen atoms in total. The van der Waals surface area contributed by atoms with E-state index < -0.39 is 0 Å². The molecular formula is C10H14N2O2. The predicted molar refractivity (Wildman–Crippen MR) is 49.4 cm³/mol.